The summed E-state index contributed by atoms with van der Waals surface area (Å²) in [5.41, 5.74) is 6.63. The van der Waals surface area contributed by atoms with Gasteiger partial charge in [-0.2, -0.15) is 0 Å². The van der Waals surface area contributed by atoms with E-state index in [9.17, 15) is 9.90 Å². The zero-order valence-electron chi connectivity index (χ0n) is 20.5. The number of aliphatic hydroxyl groups excluding tert-OH is 2. The van der Waals surface area contributed by atoms with Gasteiger partial charge in [-0.25, -0.2) is 10.4 Å². The molecule has 0 saturated heterocycles. The minimum atomic E-state index is -1.17. The van der Waals surface area contributed by atoms with Crippen LogP contribution in [0.2, 0.25) is 0 Å². The number of halogens is 1. The number of aliphatic hydroxyl groups is 2. The highest BCUT2D eigenvalue weighted by Gasteiger charge is 2.50. The van der Waals surface area contributed by atoms with E-state index in [1.807, 2.05) is 55.5 Å². The Labute approximate surface area is 220 Å². The molecular weight excluding hydrogens is 526 g/mol. The highest BCUT2D eigenvalue weighted by molar-refractivity contribution is 9.10. The van der Waals surface area contributed by atoms with Crippen molar-refractivity contribution >= 4 is 27.7 Å². The molecule has 194 valence electrons. The first-order valence-electron chi connectivity index (χ1n) is 12.5. The highest BCUT2D eigenvalue weighted by Crippen LogP contribution is 2.34. The van der Waals surface area contributed by atoms with Crippen molar-refractivity contribution < 1.29 is 24.5 Å². The number of benzene rings is 2. The Hall–Kier alpha value is -2.46. The molecule has 0 aromatic heterocycles. The normalized spacial score (nSPS) is 25.7. The lowest BCUT2D eigenvalue weighted by Gasteiger charge is -2.31. The lowest BCUT2D eigenvalue weighted by molar-refractivity contribution is -0.129. The number of rotatable bonds is 10. The largest absolute Gasteiger partial charge is 0.494 e. The average molecular weight is 560 g/mol. The Morgan fingerprint density at radius 2 is 1.89 bits per heavy atom. The number of hydrogen-bond acceptors (Lipinski definition) is 7. The van der Waals surface area contributed by atoms with Gasteiger partial charge in [0.15, 0.2) is 5.54 Å². The van der Waals surface area contributed by atoms with Gasteiger partial charge in [-0.05, 0) is 68.5 Å². The summed E-state index contributed by atoms with van der Waals surface area (Å²) in [5.74, 6) is 0.848. The van der Waals surface area contributed by atoms with Crippen LogP contribution in [0.5, 0.6) is 5.75 Å². The Kier molecular flexibility index (Phi) is 9.00. The Morgan fingerprint density at radius 1 is 1.17 bits per heavy atom. The summed E-state index contributed by atoms with van der Waals surface area (Å²) in [6, 6.07) is 15.3. The van der Waals surface area contributed by atoms with E-state index in [-0.39, 0.29) is 24.7 Å². The molecule has 2 aromatic rings. The molecule has 1 saturated carbocycles. The summed E-state index contributed by atoms with van der Waals surface area (Å²) >= 11 is 3.61. The molecule has 0 bridgehead atoms. The van der Waals surface area contributed by atoms with E-state index in [1.54, 1.807) is 0 Å². The first kappa shape index (κ1) is 26.6. The van der Waals surface area contributed by atoms with Gasteiger partial charge in [0, 0.05) is 35.5 Å². The molecule has 0 unspecified atom stereocenters. The van der Waals surface area contributed by atoms with Crippen LogP contribution in [0, 0.1) is 0 Å². The van der Waals surface area contributed by atoms with E-state index in [4.69, 9.17) is 19.6 Å². The van der Waals surface area contributed by atoms with Gasteiger partial charge in [0.1, 0.15) is 11.9 Å². The standard InChI is InChI=1S/C27H34BrN3O5/c1-18-27(17-20-5-2-3-6-24(20)28,26(34)31-30-21-9-11-22(33)12-10-21)29-25(36-18)19-7-13-23(14-8-19)35-16-4-15-32/h2-3,5-8,13-14,18,21-22,30,32-33H,4,9-12,15-17H2,1H3,(H,31,34)/t18-,21?,22?,27-/m0/s1. The number of carbonyl (C=O) groups excluding carboxylic acids is 1. The summed E-state index contributed by atoms with van der Waals surface area (Å²) in [6.45, 7) is 2.39. The van der Waals surface area contributed by atoms with Crippen LogP contribution in [0.1, 0.15) is 50.2 Å². The Balaban J connectivity index is 1.56. The summed E-state index contributed by atoms with van der Waals surface area (Å²) in [5, 5.41) is 18.7. The van der Waals surface area contributed by atoms with Crippen molar-refractivity contribution in [1.29, 1.82) is 0 Å². The predicted molar refractivity (Wildman–Crippen MR) is 141 cm³/mol. The molecular formula is C27H34BrN3O5. The van der Waals surface area contributed by atoms with Crippen molar-refractivity contribution in [2.45, 2.75) is 69.2 Å². The van der Waals surface area contributed by atoms with Gasteiger partial charge in [-0.3, -0.25) is 10.2 Å². The number of hydrogen-bond donors (Lipinski definition) is 4. The van der Waals surface area contributed by atoms with E-state index in [0.717, 1.165) is 41.3 Å². The maximum atomic E-state index is 13.7. The van der Waals surface area contributed by atoms with Gasteiger partial charge in [0.25, 0.3) is 5.91 Å². The molecule has 1 aliphatic carbocycles. The van der Waals surface area contributed by atoms with Crippen molar-refractivity contribution in [3.63, 3.8) is 0 Å². The lowest BCUT2D eigenvalue weighted by Crippen LogP contribution is -2.58. The van der Waals surface area contributed by atoms with Gasteiger partial charge in [-0.15, -0.1) is 0 Å². The van der Waals surface area contributed by atoms with E-state index < -0.39 is 11.6 Å². The molecule has 0 spiro atoms. The number of nitrogens with zero attached hydrogens (tertiary/aromatic N) is 1. The third kappa shape index (κ3) is 6.26. The number of hydrazine groups is 1. The smallest absolute Gasteiger partial charge is 0.266 e. The first-order valence-corrected chi connectivity index (χ1v) is 13.3. The van der Waals surface area contributed by atoms with Crippen LogP contribution in [0.15, 0.2) is 58.0 Å². The summed E-state index contributed by atoms with van der Waals surface area (Å²) in [4.78, 5) is 18.6. The van der Waals surface area contributed by atoms with Crippen LogP contribution in [-0.4, -0.2) is 59.0 Å². The van der Waals surface area contributed by atoms with Gasteiger partial charge in [0.2, 0.25) is 5.90 Å². The number of carbonyl (C=O) groups is 1. The van der Waals surface area contributed by atoms with Crippen LogP contribution in [0.4, 0.5) is 0 Å². The van der Waals surface area contributed by atoms with E-state index in [1.165, 1.54) is 0 Å². The van der Waals surface area contributed by atoms with E-state index >= 15 is 0 Å². The van der Waals surface area contributed by atoms with Gasteiger partial charge < -0.3 is 19.7 Å². The molecule has 1 amide bonds. The lowest BCUT2D eigenvalue weighted by atomic mass is 9.86. The van der Waals surface area contributed by atoms with Crippen molar-refractivity contribution in [3.8, 4) is 5.75 Å². The highest BCUT2D eigenvalue weighted by atomic mass is 79.9. The number of nitrogens with one attached hydrogen (secondary N) is 2. The van der Waals surface area contributed by atoms with Crippen LogP contribution in [0.25, 0.3) is 0 Å². The molecule has 1 heterocycles. The average Bonchev–Trinajstić information content (AvgIpc) is 3.22. The predicted octanol–water partition coefficient (Wildman–Crippen LogP) is 3.28. The van der Waals surface area contributed by atoms with Crippen LogP contribution < -0.4 is 15.6 Å². The Morgan fingerprint density at radius 3 is 2.58 bits per heavy atom. The van der Waals surface area contributed by atoms with E-state index in [0.29, 0.717) is 31.1 Å². The monoisotopic (exact) mass is 559 g/mol. The second-order valence-electron chi connectivity index (χ2n) is 9.42. The number of amides is 1. The molecule has 9 heteroatoms. The minimum Gasteiger partial charge on any atom is -0.494 e. The zero-order valence-corrected chi connectivity index (χ0v) is 22.0. The van der Waals surface area contributed by atoms with Crippen molar-refractivity contribution in [2.24, 2.45) is 4.99 Å². The maximum absolute atomic E-state index is 13.7. The molecule has 2 aromatic carbocycles. The molecule has 36 heavy (non-hydrogen) atoms. The molecule has 2 atom stereocenters. The number of aliphatic imine (C=N–C) groups is 1. The molecule has 4 rings (SSSR count). The summed E-state index contributed by atoms with van der Waals surface area (Å²) < 4.78 is 12.7. The quantitative estimate of drug-likeness (QED) is 0.262. The SMILES string of the molecule is C[C@@H]1OC(c2ccc(OCCCO)cc2)=N[C@]1(Cc1ccccc1Br)C(=O)NNC1CCC(O)CC1. The first-order chi connectivity index (χ1) is 17.4. The molecule has 1 aliphatic heterocycles. The van der Waals surface area contributed by atoms with Crippen molar-refractivity contribution in [1.82, 2.24) is 10.9 Å². The third-order valence-electron chi connectivity index (χ3n) is 6.83. The van der Waals surface area contributed by atoms with Crippen molar-refractivity contribution in [3.05, 3.63) is 64.1 Å². The number of ether oxygens (including phenoxy) is 2. The molecule has 2 aliphatic rings. The molecule has 8 nitrogen and oxygen atoms in total. The maximum Gasteiger partial charge on any atom is 0.266 e. The van der Waals surface area contributed by atoms with Gasteiger partial charge in [-0.1, -0.05) is 34.1 Å². The molecule has 4 N–H and O–H groups in total. The van der Waals surface area contributed by atoms with Crippen LogP contribution in [-0.2, 0) is 16.0 Å². The fraction of sp³-hybridized carbons (Fsp3) is 0.481. The third-order valence-corrected chi connectivity index (χ3v) is 7.61. The molecule has 0 radical (unpaired) electrons. The summed E-state index contributed by atoms with van der Waals surface area (Å²) in [7, 11) is 0. The fourth-order valence-corrected chi connectivity index (χ4v) is 5.00. The second kappa shape index (κ2) is 12.2. The Bertz CT molecular complexity index is 1060. The minimum absolute atomic E-state index is 0.0832. The zero-order chi connectivity index (χ0) is 25.5. The van der Waals surface area contributed by atoms with E-state index in [2.05, 4.69) is 26.8 Å². The summed E-state index contributed by atoms with van der Waals surface area (Å²) in [6.07, 6.45) is 3.19. The second-order valence-corrected chi connectivity index (χ2v) is 10.3. The fourth-order valence-electron chi connectivity index (χ4n) is 4.57. The van der Waals surface area contributed by atoms with Gasteiger partial charge >= 0.3 is 0 Å². The molecule has 1 fully saturated rings. The van der Waals surface area contributed by atoms with Gasteiger partial charge in [0.05, 0.1) is 12.7 Å². The van der Waals surface area contributed by atoms with Crippen molar-refractivity contribution in [2.75, 3.05) is 13.2 Å². The van der Waals surface area contributed by atoms with Crippen LogP contribution in [0.3, 0.4) is 0 Å². The topological polar surface area (TPSA) is 112 Å². The van der Waals surface area contributed by atoms with Crippen LogP contribution >= 0.6 is 15.9 Å².